The van der Waals surface area contributed by atoms with Crippen LogP contribution in [0.5, 0.6) is 0 Å². The lowest BCUT2D eigenvalue weighted by Gasteiger charge is -2.30. The summed E-state index contributed by atoms with van der Waals surface area (Å²) in [6, 6.07) is 2.30. The van der Waals surface area contributed by atoms with Crippen LogP contribution in [-0.4, -0.2) is 9.78 Å². The van der Waals surface area contributed by atoms with Gasteiger partial charge in [-0.1, -0.05) is 65.7 Å². The molecular formula is C18H34N2. The highest BCUT2D eigenvalue weighted by Gasteiger charge is 2.29. The van der Waals surface area contributed by atoms with Gasteiger partial charge >= 0.3 is 0 Å². The van der Waals surface area contributed by atoms with Gasteiger partial charge in [0.15, 0.2) is 0 Å². The van der Waals surface area contributed by atoms with Crippen LogP contribution in [0.25, 0.3) is 0 Å². The third-order valence-electron chi connectivity index (χ3n) is 4.53. The van der Waals surface area contributed by atoms with E-state index in [1.54, 1.807) is 0 Å². The smallest absolute Gasteiger partial charge is 0.0596 e. The van der Waals surface area contributed by atoms with Crippen LogP contribution in [0.1, 0.15) is 89.9 Å². The summed E-state index contributed by atoms with van der Waals surface area (Å²) in [4.78, 5) is 0. The van der Waals surface area contributed by atoms with Crippen LogP contribution in [0.2, 0.25) is 0 Å². The minimum absolute atomic E-state index is 0.304. The van der Waals surface area contributed by atoms with Crippen molar-refractivity contribution in [3.8, 4) is 0 Å². The number of hydrogen-bond acceptors (Lipinski definition) is 1. The van der Waals surface area contributed by atoms with Crippen LogP contribution in [0.4, 0.5) is 0 Å². The Kier molecular flexibility index (Phi) is 7.32. The molecule has 0 amide bonds. The maximum atomic E-state index is 4.57. The Balaban J connectivity index is 2.74. The van der Waals surface area contributed by atoms with Crippen LogP contribution in [0, 0.1) is 6.92 Å². The normalized spacial score (nSPS) is 14.4. The third kappa shape index (κ3) is 4.96. The first kappa shape index (κ1) is 17.3. The van der Waals surface area contributed by atoms with E-state index >= 15 is 0 Å². The molecular weight excluding hydrogens is 244 g/mol. The van der Waals surface area contributed by atoms with E-state index in [1.165, 1.54) is 63.5 Å². The first-order chi connectivity index (χ1) is 9.53. The molecule has 0 aromatic carbocycles. The molecule has 0 N–H and O–H groups in total. The van der Waals surface area contributed by atoms with Crippen LogP contribution in [0.3, 0.4) is 0 Å². The summed E-state index contributed by atoms with van der Waals surface area (Å²) in [6.07, 6.45) is 12.0. The van der Waals surface area contributed by atoms with E-state index in [0.717, 1.165) is 5.69 Å². The topological polar surface area (TPSA) is 17.8 Å². The van der Waals surface area contributed by atoms with Gasteiger partial charge in [0.25, 0.3) is 0 Å². The predicted octanol–water partition coefficient (Wildman–Crippen LogP) is 5.54. The van der Waals surface area contributed by atoms with Gasteiger partial charge in [0.05, 0.1) is 5.69 Å². The molecule has 0 saturated heterocycles. The summed E-state index contributed by atoms with van der Waals surface area (Å²) in [6.45, 7) is 9.12. The van der Waals surface area contributed by atoms with Crippen LogP contribution in [0.15, 0.2) is 6.07 Å². The average molecular weight is 278 g/mol. The third-order valence-corrected chi connectivity index (χ3v) is 4.53. The van der Waals surface area contributed by atoms with Gasteiger partial charge in [0.1, 0.15) is 0 Å². The lowest BCUT2D eigenvalue weighted by atomic mass is 9.77. The molecule has 1 rings (SSSR count). The summed E-state index contributed by atoms with van der Waals surface area (Å²) in [5.41, 5.74) is 2.89. The van der Waals surface area contributed by atoms with Crippen molar-refractivity contribution in [1.82, 2.24) is 9.78 Å². The maximum absolute atomic E-state index is 4.57. The Morgan fingerprint density at radius 3 is 2.05 bits per heavy atom. The zero-order chi connectivity index (χ0) is 15.0. The van der Waals surface area contributed by atoms with E-state index < -0.39 is 0 Å². The second-order valence-corrected chi connectivity index (χ2v) is 6.62. The molecule has 0 aliphatic heterocycles. The Bertz CT molecular complexity index is 381. The van der Waals surface area contributed by atoms with Crippen molar-refractivity contribution >= 4 is 0 Å². The number of aryl methyl sites for hydroxylation is 2. The molecule has 0 radical (unpaired) electrons. The molecule has 2 nitrogen and oxygen atoms in total. The van der Waals surface area contributed by atoms with E-state index in [1.807, 2.05) is 0 Å². The first-order valence-corrected chi connectivity index (χ1v) is 8.54. The van der Waals surface area contributed by atoms with Gasteiger partial charge in [0.2, 0.25) is 0 Å². The monoisotopic (exact) mass is 278 g/mol. The Morgan fingerprint density at radius 2 is 1.55 bits per heavy atom. The molecule has 1 heterocycles. The van der Waals surface area contributed by atoms with Gasteiger partial charge in [-0.05, 0) is 25.8 Å². The Labute approximate surface area is 126 Å². The summed E-state index contributed by atoms with van der Waals surface area (Å²) >= 11 is 0. The summed E-state index contributed by atoms with van der Waals surface area (Å²) in [5, 5.41) is 4.57. The summed E-state index contributed by atoms with van der Waals surface area (Å²) < 4.78 is 2.11. The van der Waals surface area contributed by atoms with E-state index in [4.69, 9.17) is 0 Å². The zero-order valence-corrected chi connectivity index (χ0v) is 14.3. The molecule has 20 heavy (non-hydrogen) atoms. The van der Waals surface area contributed by atoms with E-state index in [9.17, 15) is 0 Å². The Morgan fingerprint density at radius 1 is 1.00 bits per heavy atom. The number of unbranched alkanes of at least 4 members (excludes halogenated alkanes) is 5. The van der Waals surface area contributed by atoms with Crippen molar-refractivity contribution < 1.29 is 0 Å². The maximum Gasteiger partial charge on any atom is 0.0596 e. The van der Waals surface area contributed by atoms with Gasteiger partial charge in [-0.3, -0.25) is 4.68 Å². The first-order valence-electron chi connectivity index (χ1n) is 8.54. The molecule has 0 aliphatic carbocycles. The zero-order valence-electron chi connectivity index (χ0n) is 14.3. The fraction of sp³-hybridized carbons (Fsp3) is 0.833. The summed E-state index contributed by atoms with van der Waals surface area (Å²) in [5.74, 6) is 0. The molecule has 116 valence electrons. The molecule has 1 aromatic rings. The largest absolute Gasteiger partial charge is 0.272 e. The molecule has 0 aliphatic rings. The fourth-order valence-corrected chi connectivity index (χ4v) is 3.26. The van der Waals surface area contributed by atoms with Crippen molar-refractivity contribution in [1.29, 1.82) is 0 Å². The van der Waals surface area contributed by atoms with Gasteiger partial charge in [0, 0.05) is 18.2 Å². The highest BCUT2D eigenvalue weighted by atomic mass is 15.3. The molecule has 1 aromatic heterocycles. The second kappa shape index (κ2) is 8.49. The molecule has 2 heteroatoms. The molecule has 1 unspecified atom stereocenters. The van der Waals surface area contributed by atoms with Crippen molar-refractivity contribution in [2.45, 2.75) is 90.9 Å². The number of nitrogens with zero attached hydrogens (tertiary/aromatic N) is 2. The molecule has 0 fully saturated rings. The second-order valence-electron chi connectivity index (χ2n) is 6.62. The highest BCUT2D eigenvalue weighted by molar-refractivity contribution is 5.19. The lowest BCUT2D eigenvalue weighted by molar-refractivity contribution is 0.344. The van der Waals surface area contributed by atoms with Crippen molar-refractivity contribution in [2.24, 2.45) is 7.05 Å². The van der Waals surface area contributed by atoms with Crippen LogP contribution in [-0.2, 0) is 12.5 Å². The quantitative estimate of drug-likeness (QED) is 0.514. The summed E-state index contributed by atoms with van der Waals surface area (Å²) in [7, 11) is 2.10. The van der Waals surface area contributed by atoms with Crippen molar-refractivity contribution in [3.63, 3.8) is 0 Å². The number of hydrogen-bond donors (Lipinski definition) is 0. The van der Waals surface area contributed by atoms with E-state index in [2.05, 4.69) is 50.6 Å². The molecule has 0 bridgehead atoms. The minimum Gasteiger partial charge on any atom is -0.272 e. The van der Waals surface area contributed by atoms with Crippen molar-refractivity contribution in [3.05, 3.63) is 17.5 Å². The standard InChI is InChI=1S/C18H34N2/c1-6-8-10-12-14-18(4,13-11-9-7-2)17-15-16(3)19-20(17)5/h15H,6-14H2,1-5H3. The molecule has 0 spiro atoms. The molecule has 1 atom stereocenters. The lowest BCUT2D eigenvalue weighted by Crippen LogP contribution is -2.25. The highest BCUT2D eigenvalue weighted by Crippen LogP contribution is 2.35. The van der Waals surface area contributed by atoms with Gasteiger partial charge in [-0.15, -0.1) is 0 Å². The van der Waals surface area contributed by atoms with Crippen molar-refractivity contribution in [2.75, 3.05) is 0 Å². The number of rotatable bonds is 10. The Hall–Kier alpha value is -0.790. The van der Waals surface area contributed by atoms with E-state index in [-0.39, 0.29) is 0 Å². The average Bonchev–Trinajstić information content (AvgIpc) is 2.75. The van der Waals surface area contributed by atoms with Gasteiger partial charge in [-0.25, -0.2) is 0 Å². The van der Waals surface area contributed by atoms with Crippen LogP contribution < -0.4 is 0 Å². The van der Waals surface area contributed by atoms with E-state index in [0.29, 0.717) is 5.41 Å². The van der Waals surface area contributed by atoms with Crippen LogP contribution >= 0.6 is 0 Å². The van der Waals surface area contributed by atoms with Gasteiger partial charge < -0.3 is 0 Å². The number of aromatic nitrogens is 2. The fourth-order valence-electron chi connectivity index (χ4n) is 3.26. The van der Waals surface area contributed by atoms with Gasteiger partial charge in [-0.2, -0.15) is 5.10 Å². The molecule has 0 saturated carbocycles. The minimum atomic E-state index is 0.304. The SMILES string of the molecule is CCCCCCC(C)(CCCCC)c1cc(C)nn1C. The predicted molar refractivity (Wildman–Crippen MR) is 88.2 cm³/mol.